The monoisotopic (exact) mass is 288 g/mol. The van der Waals surface area contributed by atoms with Gasteiger partial charge in [0.05, 0.1) is 12.3 Å². The predicted octanol–water partition coefficient (Wildman–Crippen LogP) is 2.20. The van der Waals surface area contributed by atoms with Gasteiger partial charge in [0, 0.05) is 26.8 Å². The minimum atomic E-state index is -0.254. The molecule has 0 atom stereocenters. The fourth-order valence-corrected chi connectivity index (χ4v) is 2.07. The molecule has 0 spiro atoms. The van der Waals surface area contributed by atoms with Crippen molar-refractivity contribution in [3.63, 3.8) is 0 Å². The van der Waals surface area contributed by atoms with Crippen molar-refractivity contribution in [2.45, 2.75) is 20.1 Å². The molecule has 6 heteroatoms. The second-order valence-electron chi connectivity index (χ2n) is 4.86. The van der Waals surface area contributed by atoms with Crippen molar-refractivity contribution in [1.82, 2.24) is 15.1 Å². The Labute approximate surface area is 124 Å². The van der Waals surface area contributed by atoms with Gasteiger partial charge < -0.3 is 10.1 Å². The van der Waals surface area contributed by atoms with Crippen molar-refractivity contribution < 1.29 is 9.53 Å². The number of carbonyl (C=O) groups is 1. The summed E-state index contributed by atoms with van der Waals surface area (Å²) in [5, 5.41) is 9.76. The molecule has 0 bridgehead atoms. The Morgan fingerprint density at radius 1 is 1.33 bits per heavy atom. The van der Waals surface area contributed by atoms with E-state index >= 15 is 0 Å². The molecule has 2 aromatic rings. The van der Waals surface area contributed by atoms with Gasteiger partial charge in [0.25, 0.3) is 0 Å². The van der Waals surface area contributed by atoms with Gasteiger partial charge in [0.1, 0.15) is 5.82 Å². The third-order valence-corrected chi connectivity index (χ3v) is 3.00. The molecule has 0 radical (unpaired) electrons. The van der Waals surface area contributed by atoms with Crippen LogP contribution in [0.2, 0.25) is 0 Å². The summed E-state index contributed by atoms with van der Waals surface area (Å²) in [4.78, 5) is 11.9. The number of nitrogens with one attached hydrogen (secondary N) is 2. The molecule has 0 fully saturated rings. The number of methoxy groups -OCH3 is 1. The van der Waals surface area contributed by atoms with Gasteiger partial charge in [-0.2, -0.15) is 5.10 Å². The third kappa shape index (κ3) is 4.32. The quantitative estimate of drug-likeness (QED) is 0.886. The molecule has 6 nitrogen and oxygen atoms in total. The highest BCUT2D eigenvalue weighted by atomic mass is 16.5. The topological polar surface area (TPSA) is 68.2 Å². The highest BCUT2D eigenvalue weighted by Crippen LogP contribution is 2.08. The molecule has 112 valence electrons. The average molecular weight is 288 g/mol. The summed E-state index contributed by atoms with van der Waals surface area (Å²) >= 11 is 0. The largest absolute Gasteiger partial charge is 0.380 e. The number of hydrogen-bond donors (Lipinski definition) is 2. The minimum Gasteiger partial charge on any atom is -0.380 e. The number of ether oxygens (including phenoxy) is 1. The van der Waals surface area contributed by atoms with Gasteiger partial charge in [0.15, 0.2) is 0 Å². The van der Waals surface area contributed by atoms with Gasteiger partial charge in [-0.15, -0.1) is 0 Å². The van der Waals surface area contributed by atoms with Crippen LogP contribution in [0.5, 0.6) is 0 Å². The van der Waals surface area contributed by atoms with Crippen LogP contribution in [-0.4, -0.2) is 22.9 Å². The maximum atomic E-state index is 11.9. The molecule has 0 aliphatic rings. The van der Waals surface area contributed by atoms with E-state index in [1.165, 1.54) is 0 Å². The molecular weight excluding hydrogens is 268 g/mol. The van der Waals surface area contributed by atoms with Crippen LogP contribution in [0.1, 0.15) is 16.8 Å². The molecule has 0 unspecified atom stereocenters. The van der Waals surface area contributed by atoms with Crippen molar-refractivity contribution in [3.05, 3.63) is 47.2 Å². The van der Waals surface area contributed by atoms with E-state index < -0.39 is 0 Å². The Kier molecular flexibility index (Phi) is 4.94. The van der Waals surface area contributed by atoms with Crippen LogP contribution >= 0.6 is 0 Å². The Morgan fingerprint density at radius 3 is 2.76 bits per heavy atom. The Morgan fingerprint density at radius 2 is 2.10 bits per heavy atom. The van der Waals surface area contributed by atoms with Crippen molar-refractivity contribution in [3.8, 4) is 0 Å². The van der Waals surface area contributed by atoms with Crippen LogP contribution in [0, 0.1) is 6.92 Å². The van der Waals surface area contributed by atoms with Crippen molar-refractivity contribution in [2.75, 3.05) is 12.4 Å². The highest BCUT2D eigenvalue weighted by Gasteiger charge is 2.06. The lowest BCUT2D eigenvalue weighted by atomic mass is 10.1. The molecule has 0 aliphatic carbocycles. The number of carbonyl (C=O) groups excluding carboxylic acids is 1. The Hall–Kier alpha value is -2.34. The zero-order chi connectivity index (χ0) is 15.2. The van der Waals surface area contributed by atoms with Crippen LogP contribution in [0.4, 0.5) is 10.6 Å². The number of nitrogens with zero attached hydrogens (tertiary/aromatic N) is 2. The molecule has 2 amide bonds. The molecule has 2 N–H and O–H groups in total. The van der Waals surface area contributed by atoms with E-state index in [0.717, 1.165) is 16.8 Å². The first-order valence-corrected chi connectivity index (χ1v) is 6.70. The Bertz CT molecular complexity index is 622. The van der Waals surface area contributed by atoms with Gasteiger partial charge in [-0.05, 0) is 18.1 Å². The number of hydrogen-bond acceptors (Lipinski definition) is 3. The van der Waals surface area contributed by atoms with E-state index in [-0.39, 0.29) is 6.03 Å². The van der Waals surface area contributed by atoms with E-state index in [1.54, 1.807) is 18.8 Å². The Balaban J connectivity index is 1.89. The van der Waals surface area contributed by atoms with Crippen molar-refractivity contribution in [1.29, 1.82) is 0 Å². The summed E-state index contributed by atoms with van der Waals surface area (Å²) in [6.07, 6.45) is 0. The molecule has 0 saturated carbocycles. The molecule has 2 rings (SSSR count). The molecule has 0 aliphatic heterocycles. The lowest BCUT2D eigenvalue weighted by Gasteiger charge is -2.08. The highest BCUT2D eigenvalue weighted by molar-refractivity contribution is 5.88. The molecule has 1 aromatic carbocycles. The van der Waals surface area contributed by atoms with E-state index in [1.807, 2.05) is 37.3 Å². The van der Waals surface area contributed by atoms with Crippen LogP contribution in [0.15, 0.2) is 30.3 Å². The average Bonchev–Trinajstić information content (AvgIpc) is 2.75. The van der Waals surface area contributed by atoms with Crippen LogP contribution < -0.4 is 10.6 Å². The first kappa shape index (κ1) is 15.1. The second-order valence-corrected chi connectivity index (χ2v) is 4.86. The fraction of sp³-hybridized carbons (Fsp3) is 0.333. The normalized spacial score (nSPS) is 10.4. The van der Waals surface area contributed by atoms with Crippen LogP contribution in [0.3, 0.4) is 0 Å². The van der Waals surface area contributed by atoms with Crippen molar-refractivity contribution >= 4 is 11.8 Å². The summed E-state index contributed by atoms with van der Waals surface area (Å²) in [5.41, 5.74) is 2.97. The standard InChI is InChI=1S/C15H20N4O2/c1-11-7-14(19(2)18-11)17-15(20)16-9-12-5-4-6-13(8-12)10-21-3/h4-8H,9-10H2,1-3H3,(H2,16,17,20). The van der Waals surface area contributed by atoms with E-state index in [4.69, 9.17) is 4.74 Å². The number of aryl methyl sites for hydroxylation is 2. The van der Waals surface area contributed by atoms with Gasteiger partial charge >= 0.3 is 6.03 Å². The van der Waals surface area contributed by atoms with Crippen LogP contribution in [-0.2, 0) is 24.9 Å². The maximum Gasteiger partial charge on any atom is 0.320 e. The van der Waals surface area contributed by atoms with Crippen molar-refractivity contribution in [2.24, 2.45) is 7.05 Å². The molecule has 1 aromatic heterocycles. The number of amides is 2. The van der Waals surface area contributed by atoms with Gasteiger partial charge in [-0.3, -0.25) is 10.00 Å². The fourth-order valence-electron chi connectivity index (χ4n) is 2.07. The minimum absolute atomic E-state index is 0.254. The number of urea groups is 1. The molecule has 1 heterocycles. The number of rotatable bonds is 5. The summed E-state index contributed by atoms with van der Waals surface area (Å²) in [6.45, 7) is 2.90. The lowest BCUT2D eigenvalue weighted by molar-refractivity contribution is 0.185. The summed E-state index contributed by atoms with van der Waals surface area (Å²) in [6, 6.07) is 9.49. The zero-order valence-corrected chi connectivity index (χ0v) is 12.5. The van der Waals surface area contributed by atoms with Crippen LogP contribution in [0.25, 0.3) is 0 Å². The number of benzene rings is 1. The predicted molar refractivity (Wildman–Crippen MR) is 81.0 cm³/mol. The zero-order valence-electron chi connectivity index (χ0n) is 12.5. The second kappa shape index (κ2) is 6.90. The maximum absolute atomic E-state index is 11.9. The SMILES string of the molecule is COCc1cccc(CNC(=O)Nc2cc(C)nn2C)c1. The van der Waals surface area contributed by atoms with Gasteiger partial charge in [-0.25, -0.2) is 4.79 Å². The van der Waals surface area contributed by atoms with Gasteiger partial charge in [-0.1, -0.05) is 24.3 Å². The summed E-state index contributed by atoms with van der Waals surface area (Å²) in [7, 11) is 3.45. The van der Waals surface area contributed by atoms with E-state index in [9.17, 15) is 4.79 Å². The number of aromatic nitrogens is 2. The summed E-state index contributed by atoms with van der Waals surface area (Å²) in [5.74, 6) is 0.665. The van der Waals surface area contributed by atoms with Gasteiger partial charge in [0.2, 0.25) is 0 Å². The first-order chi connectivity index (χ1) is 10.1. The molecule has 21 heavy (non-hydrogen) atoms. The lowest BCUT2D eigenvalue weighted by Crippen LogP contribution is -2.29. The number of anilines is 1. The third-order valence-electron chi connectivity index (χ3n) is 3.00. The summed E-state index contributed by atoms with van der Waals surface area (Å²) < 4.78 is 6.73. The smallest absolute Gasteiger partial charge is 0.320 e. The van der Waals surface area contributed by atoms with E-state index in [2.05, 4.69) is 15.7 Å². The molecular formula is C15H20N4O2. The molecule has 0 saturated heterocycles. The first-order valence-electron chi connectivity index (χ1n) is 6.70. The van der Waals surface area contributed by atoms with E-state index in [0.29, 0.717) is 19.0 Å².